The van der Waals surface area contributed by atoms with Crippen LogP contribution in [0.5, 0.6) is 11.5 Å². The van der Waals surface area contributed by atoms with E-state index in [1.165, 1.54) is 6.07 Å². The first-order valence-electron chi connectivity index (χ1n) is 6.22. The lowest BCUT2D eigenvalue weighted by Crippen LogP contribution is -1.94. The van der Waals surface area contributed by atoms with Crippen LogP contribution in [-0.4, -0.2) is 19.1 Å². The Labute approximate surface area is 127 Å². The number of ether oxygens (including phenoxy) is 2. The zero-order chi connectivity index (χ0) is 15.2. The zero-order valence-electron chi connectivity index (χ0n) is 11.7. The van der Waals surface area contributed by atoms with Crippen molar-refractivity contribution in [3.8, 4) is 11.5 Å². The Hall–Kier alpha value is -2.21. The van der Waals surface area contributed by atoms with E-state index in [0.29, 0.717) is 11.5 Å². The van der Waals surface area contributed by atoms with E-state index in [-0.39, 0.29) is 5.69 Å². The van der Waals surface area contributed by atoms with Gasteiger partial charge in [0.2, 0.25) is 0 Å². The Morgan fingerprint density at radius 3 is 2.38 bits per heavy atom. The molecule has 0 aliphatic carbocycles. The number of hydrogen-bond acceptors (Lipinski definition) is 5. The van der Waals surface area contributed by atoms with Crippen LogP contribution in [0.2, 0.25) is 0 Å². The summed E-state index contributed by atoms with van der Waals surface area (Å²) in [7, 11) is 3.18. The van der Waals surface area contributed by atoms with Gasteiger partial charge in [0.05, 0.1) is 19.1 Å². The summed E-state index contributed by atoms with van der Waals surface area (Å²) in [6.45, 7) is 0. The monoisotopic (exact) mass is 305 g/mol. The Morgan fingerprint density at radius 2 is 1.81 bits per heavy atom. The molecular weight excluding hydrogens is 290 g/mol. The van der Waals surface area contributed by atoms with Gasteiger partial charge in [-0.1, -0.05) is 0 Å². The lowest BCUT2D eigenvalue weighted by molar-refractivity contribution is -0.384. The molecule has 0 aliphatic heterocycles. The van der Waals surface area contributed by atoms with E-state index in [4.69, 9.17) is 9.47 Å². The first kappa shape index (κ1) is 15.2. The molecule has 0 spiro atoms. The van der Waals surface area contributed by atoms with Crippen LogP contribution in [0.25, 0.3) is 0 Å². The third-order valence-electron chi connectivity index (χ3n) is 2.93. The Bertz CT molecular complexity index is 628. The standard InChI is InChI=1S/C15H15NO4S/c1-19-13-4-6-14(7-5-13)21-10-11-9-12(16(17)18)3-8-15(11)20-2/h3-9H,10H2,1-2H3. The minimum Gasteiger partial charge on any atom is -0.497 e. The predicted octanol–water partition coefficient (Wildman–Crippen LogP) is 3.90. The average Bonchev–Trinajstić information content (AvgIpc) is 2.53. The number of thioether (sulfide) groups is 1. The Kier molecular flexibility index (Phi) is 5.05. The van der Waals surface area contributed by atoms with Crippen LogP contribution < -0.4 is 9.47 Å². The second-order valence-corrected chi connectivity index (χ2v) is 5.27. The van der Waals surface area contributed by atoms with Crippen molar-refractivity contribution in [2.24, 2.45) is 0 Å². The molecule has 0 N–H and O–H groups in total. The molecule has 2 aromatic rings. The molecule has 0 saturated carbocycles. The highest BCUT2D eigenvalue weighted by Gasteiger charge is 2.11. The van der Waals surface area contributed by atoms with Crippen molar-refractivity contribution in [3.63, 3.8) is 0 Å². The lowest BCUT2D eigenvalue weighted by Gasteiger charge is -2.08. The van der Waals surface area contributed by atoms with E-state index < -0.39 is 4.92 Å². The fourth-order valence-electron chi connectivity index (χ4n) is 1.82. The molecule has 6 heteroatoms. The van der Waals surface area contributed by atoms with Gasteiger partial charge in [0.15, 0.2) is 0 Å². The molecule has 0 fully saturated rings. The second kappa shape index (κ2) is 6.99. The molecule has 0 amide bonds. The van der Waals surface area contributed by atoms with Crippen molar-refractivity contribution in [2.75, 3.05) is 14.2 Å². The van der Waals surface area contributed by atoms with Crippen LogP contribution in [0, 0.1) is 10.1 Å². The van der Waals surface area contributed by atoms with Gasteiger partial charge >= 0.3 is 0 Å². The maximum Gasteiger partial charge on any atom is 0.270 e. The predicted molar refractivity (Wildman–Crippen MR) is 82.2 cm³/mol. The fraction of sp³-hybridized carbons (Fsp3) is 0.200. The molecule has 110 valence electrons. The maximum atomic E-state index is 10.8. The largest absolute Gasteiger partial charge is 0.497 e. The van der Waals surface area contributed by atoms with Crippen molar-refractivity contribution in [3.05, 3.63) is 58.1 Å². The second-order valence-electron chi connectivity index (χ2n) is 4.22. The fourth-order valence-corrected chi connectivity index (χ4v) is 2.70. The van der Waals surface area contributed by atoms with Crippen LogP contribution in [0.15, 0.2) is 47.4 Å². The molecule has 5 nitrogen and oxygen atoms in total. The summed E-state index contributed by atoms with van der Waals surface area (Å²) < 4.78 is 10.4. The maximum absolute atomic E-state index is 10.8. The number of hydrogen-bond donors (Lipinski definition) is 0. The summed E-state index contributed by atoms with van der Waals surface area (Å²) in [5.74, 6) is 2.05. The van der Waals surface area contributed by atoms with Crippen LogP contribution in [0.4, 0.5) is 5.69 Å². The van der Waals surface area contributed by atoms with Crippen LogP contribution in [0.3, 0.4) is 0 Å². The Balaban J connectivity index is 2.13. The average molecular weight is 305 g/mol. The molecule has 0 atom stereocenters. The minimum atomic E-state index is -0.402. The molecule has 0 aromatic heterocycles. The molecule has 2 rings (SSSR count). The topological polar surface area (TPSA) is 61.6 Å². The van der Waals surface area contributed by atoms with E-state index >= 15 is 0 Å². The molecule has 21 heavy (non-hydrogen) atoms. The van der Waals surface area contributed by atoms with E-state index in [1.807, 2.05) is 24.3 Å². The number of nitro benzene ring substituents is 1. The first-order chi connectivity index (χ1) is 10.1. The van der Waals surface area contributed by atoms with E-state index in [2.05, 4.69) is 0 Å². The summed E-state index contributed by atoms with van der Waals surface area (Å²) in [4.78, 5) is 11.5. The highest BCUT2D eigenvalue weighted by molar-refractivity contribution is 7.98. The molecule has 0 heterocycles. The molecule has 0 aliphatic rings. The van der Waals surface area contributed by atoms with Crippen molar-refractivity contribution in [2.45, 2.75) is 10.6 Å². The highest BCUT2D eigenvalue weighted by atomic mass is 32.2. The molecule has 2 aromatic carbocycles. The quantitative estimate of drug-likeness (QED) is 0.460. The lowest BCUT2D eigenvalue weighted by atomic mass is 10.2. The first-order valence-corrected chi connectivity index (χ1v) is 7.20. The summed E-state index contributed by atoms with van der Waals surface area (Å²) in [6, 6.07) is 12.3. The van der Waals surface area contributed by atoms with Crippen molar-refractivity contribution in [1.82, 2.24) is 0 Å². The highest BCUT2D eigenvalue weighted by Crippen LogP contribution is 2.31. The van der Waals surface area contributed by atoms with Crippen molar-refractivity contribution >= 4 is 17.4 Å². The van der Waals surface area contributed by atoms with Gasteiger partial charge in [-0.05, 0) is 30.3 Å². The third kappa shape index (κ3) is 3.88. The van der Waals surface area contributed by atoms with Crippen molar-refractivity contribution in [1.29, 1.82) is 0 Å². The number of rotatable bonds is 6. The number of non-ortho nitro benzene ring substituents is 1. The van der Waals surface area contributed by atoms with Gasteiger partial charge in [0, 0.05) is 28.3 Å². The normalized spacial score (nSPS) is 10.2. The number of benzene rings is 2. The number of methoxy groups -OCH3 is 2. The molecule has 0 unspecified atom stereocenters. The van der Waals surface area contributed by atoms with Gasteiger partial charge in [-0.2, -0.15) is 0 Å². The smallest absolute Gasteiger partial charge is 0.270 e. The molecule has 0 bridgehead atoms. The van der Waals surface area contributed by atoms with E-state index in [9.17, 15) is 10.1 Å². The van der Waals surface area contributed by atoms with Crippen molar-refractivity contribution < 1.29 is 14.4 Å². The van der Waals surface area contributed by atoms with Gasteiger partial charge in [-0.3, -0.25) is 10.1 Å². The summed E-state index contributed by atoms with van der Waals surface area (Å²) in [6.07, 6.45) is 0. The van der Waals surface area contributed by atoms with Crippen LogP contribution >= 0.6 is 11.8 Å². The summed E-state index contributed by atoms with van der Waals surface area (Å²) >= 11 is 1.58. The summed E-state index contributed by atoms with van der Waals surface area (Å²) in [5.41, 5.74) is 0.869. The van der Waals surface area contributed by atoms with E-state index in [1.54, 1.807) is 38.1 Å². The molecule has 0 saturated heterocycles. The van der Waals surface area contributed by atoms with Gasteiger partial charge in [0.1, 0.15) is 11.5 Å². The van der Waals surface area contributed by atoms with E-state index in [0.717, 1.165) is 16.2 Å². The van der Waals surface area contributed by atoms with Crippen LogP contribution in [0.1, 0.15) is 5.56 Å². The Morgan fingerprint density at radius 1 is 1.10 bits per heavy atom. The third-order valence-corrected chi connectivity index (χ3v) is 3.99. The number of nitro groups is 1. The van der Waals surface area contributed by atoms with Gasteiger partial charge in [-0.15, -0.1) is 11.8 Å². The molecular formula is C15H15NO4S. The zero-order valence-corrected chi connectivity index (χ0v) is 12.6. The molecule has 0 radical (unpaired) electrons. The SMILES string of the molecule is COc1ccc(SCc2cc([N+](=O)[O-])ccc2OC)cc1. The van der Waals surface area contributed by atoms with Gasteiger partial charge in [-0.25, -0.2) is 0 Å². The van der Waals surface area contributed by atoms with Crippen LogP contribution in [-0.2, 0) is 5.75 Å². The minimum absolute atomic E-state index is 0.0705. The summed E-state index contributed by atoms with van der Waals surface area (Å²) in [5, 5.41) is 10.8. The van der Waals surface area contributed by atoms with Gasteiger partial charge in [0.25, 0.3) is 5.69 Å². The number of nitrogens with zero attached hydrogens (tertiary/aromatic N) is 1. The van der Waals surface area contributed by atoms with Gasteiger partial charge < -0.3 is 9.47 Å².